The van der Waals surface area contributed by atoms with Crippen LogP contribution in [0.25, 0.3) is 11.4 Å². The molecule has 3 rings (SSSR count). The van der Waals surface area contributed by atoms with E-state index >= 15 is 0 Å². The lowest BCUT2D eigenvalue weighted by molar-refractivity contribution is 0.381. The molecule has 0 unspecified atom stereocenters. The third-order valence-electron chi connectivity index (χ3n) is 3.13. The van der Waals surface area contributed by atoms with Gasteiger partial charge in [-0.25, -0.2) is 0 Å². The van der Waals surface area contributed by atoms with Crippen LogP contribution in [-0.2, 0) is 6.42 Å². The molecule has 0 fully saturated rings. The number of pyridine rings is 1. The number of nitrogens with zero attached hydrogens (tertiary/aromatic N) is 3. The predicted molar refractivity (Wildman–Crippen MR) is 80.9 cm³/mol. The summed E-state index contributed by atoms with van der Waals surface area (Å²) in [5.74, 6) is 1.23. The molecule has 2 aromatic heterocycles. The quantitative estimate of drug-likeness (QED) is 0.778. The Morgan fingerprint density at radius 1 is 1.05 bits per heavy atom. The van der Waals surface area contributed by atoms with Crippen molar-refractivity contribution in [2.75, 3.05) is 11.9 Å². The Bertz CT molecular complexity index is 692. The maximum atomic E-state index is 5.25. The van der Waals surface area contributed by atoms with E-state index in [0.29, 0.717) is 18.1 Å². The molecule has 1 N–H and O–H groups in total. The van der Waals surface area contributed by atoms with Gasteiger partial charge in [-0.3, -0.25) is 4.98 Å². The standard InChI is InChI=1S/C16H16N4O/c1-12-2-4-14(5-3-12)18-11-8-15-19-16(20-21-15)13-6-9-17-10-7-13/h2-7,9-10,18H,8,11H2,1H3. The molecule has 0 spiro atoms. The second kappa shape index (κ2) is 6.17. The van der Waals surface area contributed by atoms with E-state index in [1.165, 1.54) is 5.56 Å². The number of anilines is 1. The fraction of sp³-hybridized carbons (Fsp3) is 0.188. The van der Waals surface area contributed by atoms with Crippen LogP contribution in [0.4, 0.5) is 5.69 Å². The number of hydrogen-bond donors (Lipinski definition) is 1. The van der Waals surface area contributed by atoms with Crippen molar-refractivity contribution in [2.45, 2.75) is 13.3 Å². The first-order valence-corrected chi connectivity index (χ1v) is 6.85. The van der Waals surface area contributed by atoms with Gasteiger partial charge in [-0.2, -0.15) is 4.98 Å². The van der Waals surface area contributed by atoms with Crippen LogP contribution in [0.1, 0.15) is 11.5 Å². The summed E-state index contributed by atoms with van der Waals surface area (Å²) in [6, 6.07) is 12.0. The smallest absolute Gasteiger partial charge is 0.228 e. The minimum absolute atomic E-state index is 0.600. The van der Waals surface area contributed by atoms with Gasteiger partial charge in [-0.15, -0.1) is 0 Å². The molecule has 0 aliphatic rings. The van der Waals surface area contributed by atoms with Crippen molar-refractivity contribution in [2.24, 2.45) is 0 Å². The van der Waals surface area contributed by atoms with Crippen LogP contribution in [0.2, 0.25) is 0 Å². The zero-order valence-corrected chi connectivity index (χ0v) is 11.8. The first-order valence-electron chi connectivity index (χ1n) is 6.85. The van der Waals surface area contributed by atoms with Crippen LogP contribution in [0.5, 0.6) is 0 Å². The zero-order chi connectivity index (χ0) is 14.5. The number of benzene rings is 1. The van der Waals surface area contributed by atoms with Crippen molar-refractivity contribution in [1.29, 1.82) is 0 Å². The monoisotopic (exact) mass is 280 g/mol. The molecule has 106 valence electrons. The van der Waals surface area contributed by atoms with E-state index in [9.17, 15) is 0 Å². The number of rotatable bonds is 5. The van der Waals surface area contributed by atoms with Crippen molar-refractivity contribution < 1.29 is 4.52 Å². The number of aromatic nitrogens is 3. The summed E-state index contributed by atoms with van der Waals surface area (Å²) < 4.78 is 5.25. The van der Waals surface area contributed by atoms with Gasteiger partial charge in [0.05, 0.1) is 0 Å². The highest BCUT2D eigenvalue weighted by atomic mass is 16.5. The van der Waals surface area contributed by atoms with Crippen molar-refractivity contribution in [3.8, 4) is 11.4 Å². The molecule has 0 saturated heterocycles. The number of aryl methyl sites for hydroxylation is 1. The fourth-order valence-corrected chi connectivity index (χ4v) is 1.96. The van der Waals surface area contributed by atoms with E-state index in [1.54, 1.807) is 12.4 Å². The molecule has 0 saturated carbocycles. The van der Waals surface area contributed by atoms with Crippen LogP contribution in [-0.4, -0.2) is 21.7 Å². The second-order valence-corrected chi connectivity index (χ2v) is 4.79. The van der Waals surface area contributed by atoms with E-state index in [4.69, 9.17) is 4.52 Å². The lowest BCUT2D eigenvalue weighted by Crippen LogP contribution is -2.04. The lowest BCUT2D eigenvalue weighted by Gasteiger charge is -2.04. The van der Waals surface area contributed by atoms with E-state index < -0.39 is 0 Å². The van der Waals surface area contributed by atoms with Crippen LogP contribution in [0, 0.1) is 6.92 Å². The first kappa shape index (κ1) is 13.3. The van der Waals surface area contributed by atoms with Crippen LogP contribution in [0.3, 0.4) is 0 Å². The number of nitrogens with one attached hydrogen (secondary N) is 1. The van der Waals surface area contributed by atoms with Gasteiger partial charge < -0.3 is 9.84 Å². The SMILES string of the molecule is Cc1ccc(NCCc2nc(-c3ccncc3)no2)cc1. The van der Waals surface area contributed by atoms with Gasteiger partial charge in [0.2, 0.25) is 11.7 Å². The normalized spacial score (nSPS) is 10.5. The van der Waals surface area contributed by atoms with E-state index in [0.717, 1.165) is 17.8 Å². The summed E-state index contributed by atoms with van der Waals surface area (Å²) in [5, 5.41) is 7.31. The Balaban J connectivity index is 1.57. The van der Waals surface area contributed by atoms with Crippen molar-refractivity contribution >= 4 is 5.69 Å². The summed E-state index contributed by atoms with van der Waals surface area (Å²) >= 11 is 0. The second-order valence-electron chi connectivity index (χ2n) is 4.79. The summed E-state index contributed by atoms with van der Waals surface area (Å²) in [7, 11) is 0. The average molecular weight is 280 g/mol. The van der Waals surface area contributed by atoms with Crippen molar-refractivity contribution in [1.82, 2.24) is 15.1 Å². The molecule has 1 aromatic carbocycles. The molecular weight excluding hydrogens is 264 g/mol. The third kappa shape index (κ3) is 3.45. The molecule has 0 aliphatic carbocycles. The Kier molecular flexibility index (Phi) is 3.91. The van der Waals surface area contributed by atoms with Gasteiger partial charge in [-0.1, -0.05) is 22.9 Å². The zero-order valence-electron chi connectivity index (χ0n) is 11.8. The Morgan fingerprint density at radius 3 is 2.57 bits per heavy atom. The van der Waals surface area contributed by atoms with Crippen LogP contribution < -0.4 is 5.32 Å². The summed E-state index contributed by atoms with van der Waals surface area (Å²) in [6.45, 7) is 2.82. The Labute approximate surface area is 123 Å². The Hall–Kier alpha value is -2.69. The maximum Gasteiger partial charge on any atom is 0.228 e. The van der Waals surface area contributed by atoms with E-state index in [1.807, 2.05) is 12.1 Å². The molecule has 0 radical (unpaired) electrons. The summed E-state index contributed by atoms with van der Waals surface area (Å²) in [5.41, 5.74) is 3.25. The molecule has 5 heteroatoms. The fourth-order valence-electron chi connectivity index (χ4n) is 1.96. The lowest BCUT2D eigenvalue weighted by atomic mass is 10.2. The molecule has 0 aliphatic heterocycles. The summed E-state index contributed by atoms with van der Waals surface area (Å²) in [4.78, 5) is 8.35. The van der Waals surface area contributed by atoms with Gasteiger partial charge in [0.1, 0.15) is 0 Å². The highest BCUT2D eigenvalue weighted by molar-refractivity contribution is 5.52. The molecule has 0 amide bonds. The highest BCUT2D eigenvalue weighted by Crippen LogP contribution is 2.14. The van der Waals surface area contributed by atoms with Crippen LogP contribution >= 0.6 is 0 Å². The third-order valence-corrected chi connectivity index (χ3v) is 3.13. The average Bonchev–Trinajstić information content (AvgIpc) is 2.99. The Morgan fingerprint density at radius 2 is 1.81 bits per heavy atom. The molecular formula is C16H16N4O. The van der Waals surface area contributed by atoms with Crippen molar-refractivity contribution in [3.05, 3.63) is 60.2 Å². The molecule has 0 atom stereocenters. The molecule has 5 nitrogen and oxygen atoms in total. The largest absolute Gasteiger partial charge is 0.385 e. The molecule has 2 heterocycles. The maximum absolute atomic E-state index is 5.25. The molecule has 0 bridgehead atoms. The highest BCUT2D eigenvalue weighted by Gasteiger charge is 2.07. The van der Waals surface area contributed by atoms with E-state index in [-0.39, 0.29) is 0 Å². The number of hydrogen-bond acceptors (Lipinski definition) is 5. The molecule has 21 heavy (non-hydrogen) atoms. The minimum Gasteiger partial charge on any atom is -0.385 e. The summed E-state index contributed by atoms with van der Waals surface area (Å²) in [6.07, 6.45) is 4.11. The van der Waals surface area contributed by atoms with Gasteiger partial charge in [0.15, 0.2) is 0 Å². The van der Waals surface area contributed by atoms with Gasteiger partial charge in [0, 0.05) is 36.6 Å². The van der Waals surface area contributed by atoms with E-state index in [2.05, 4.69) is 51.6 Å². The predicted octanol–water partition coefficient (Wildman–Crippen LogP) is 3.09. The van der Waals surface area contributed by atoms with Gasteiger partial charge in [0.25, 0.3) is 0 Å². The van der Waals surface area contributed by atoms with Crippen LogP contribution in [0.15, 0.2) is 53.3 Å². The van der Waals surface area contributed by atoms with Crippen molar-refractivity contribution in [3.63, 3.8) is 0 Å². The van der Waals surface area contributed by atoms with Gasteiger partial charge in [-0.05, 0) is 31.2 Å². The first-order chi connectivity index (χ1) is 10.3. The topological polar surface area (TPSA) is 63.8 Å². The minimum atomic E-state index is 0.600. The van der Waals surface area contributed by atoms with Gasteiger partial charge >= 0.3 is 0 Å². The molecule has 3 aromatic rings.